The van der Waals surface area contributed by atoms with Crippen LogP contribution in [0.5, 0.6) is 0 Å². The molecule has 0 aliphatic carbocycles. The van der Waals surface area contributed by atoms with Crippen LogP contribution in [0.3, 0.4) is 0 Å². The van der Waals surface area contributed by atoms with E-state index in [1.807, 2.05) is 18.3 Å². The summed E-state index contributed by atoms with van der Waals surface area (Å²) in [5.41, 5.74) is 1.89. The molecule has 0 bridgehead atoms. The van der Waals surface area contributed by atoms with Crippen molar-refractivity contribution in [1.29, 1.82) is 0 Å². The van der Waals surface area contributed by atoms with Gasteiger partial charge < -0.3 is 10.3 Å². The van der Waals surface area contributed by atoms with Gasteiger partial charge in [-0.2, -0.15) is 0 Å². The first-order valence-corrected chi connectivity index (χ1v) is 6.90. The largest absolute Gasteiger partial charge is 0.346 e. The van der Waals surface area contributed by atoms with E-state index in [2.05, 4.69) is 15.3 Å². The van der Waals surface area contributed by atoms with Crippen LogP contribution in [0.2, 0.25) is 0 Å². The van der Waals surface area contributed by atoms with Gasteiger partial charge in [0.05, 0.1) is 5.75 Å². The van der Waals surface area contributed by atoms with Gasteiger partial charge in [0, 0.05) is 30.9 Å². The van der Waals surface area contributed by atoms with Crippen molar-refractivity contribution in [3.05, 3.63) is 30.1 Å². The Morgan fingerprint density at radius 3 is 3.06 bits per heavy atom. The summed E-state index contributed by atoms with van der Waals surface area (Å²) >= 11 is 0. The number of primary sulfonamides is 1. The number of sulfonamides is 1. The highest BCUT2D eigenvalue weighted by Crippen LogP contribution is 2.14. The van der Waals surface area contributed by atoms with E-state index in [0.717, 1.165) is 16.6 Å². The minimum absolute atomic E-state index is 0.0619. The minimum atomic E-state index is -3.39. The number of hydrogen-bond donors (Lipinski definition) is 3. The molecule has 0 atom stereocenters. The van der Waals surface area contributed by atoms with Crippen molar-refractivity contribution in [2.24, 2.45) is 5.14 Å². The fraction of sp³-hybridized carbons (Fsp3) is 0.300. The van der Waals surface area contributed by atoms with Crippen molar-refractivity contribution in [2.75, 3.05) is 12.3 Å². The Bertz CT molecular complexity index is 606. The lowest BCUT2D eigenvalue weighted by atomic mass is 10.2. The van der Waals surface area contributed by atoms with Gasteiger partial charge in [-0.25, -0.2) is 18.5 Å². The van der Waals surface area contributed by atoms with Crippen LogP contribution in [0, 0.1) is 0 Å². The maximum absolute atomic E-state index is 10.7. The quantitative estimate of drug-likeness (QED) is 0.651. The Morgan fingerprint density at radius 1 is 1.47 bits per heavy atom. The highest BCUT2D eigenvalue weighted by Gasteiger charge is 2.04. The molecular weight excluding hydrogens is 240 g/mol. The lowest BCUT2D eigenvalue weighted by Gasteiger charge is -2.02. The van der Waals surface area contributed by atoms with Crippen molar-refractivity contribution in [3.8, 4) is 0 Å². The maximum Gasteiger partial charge on any atom is 0.210 e. The number of hydrogen-bond acceptors (Lipinski definition) is 4. The molecule has 0 aromatic carbocycles. The lowest BCUT2D eigenvalue weighted by Crippen LogP contribution is -2.26. The summed E-state index contributed by atoms with van der Waals surface area (Å²) in [6, 6.07) is 3.83. The molecule has 0 aliphatic rings. The molecule has 2 rings (SSSR count). The third-order valence-electron chi connectivity index (χ3n) is 2.42. The van der Waals surface area contributed by atoms with E-state index < -0.39 is 10.0 Å². The van der Waals surface area contributed by atoms with E-state index in [-0.39, 0.29) is 5.75 Å². The predicted octanol–water partition coefficient (Wildman–Crippen LogP) is -0.0590. The number of rotatable bonds is 5. The topological polar surface area (TPSA) is 101 Å². The molecule has 0 radical (unpaired) electrons. The molecule has 17 heavy (non-hydrogen) atoms. The number of aromatic amines is 1. The molecule has 92 valence electrons. The molecule has 6 nitrogen and oxygen atoms in total. The normalized spacial score (nSPS) is 12.1. The van der Waals surface area contributed by atoms with Crippen LogP contribution in [-0.4, -0.2) is 30.7 Å². The molecular formula is C10H14N4O2S. The summed E-state index contributed by atoms with van der Waals surface area (Å²) < 4.78 is 21.5. The smallest absolute Gasteiger partial charge is 0.210 e. The fourth-order valence-corrected chi connectivity index (χ4v) is 2.03. The average molecular weight is 254 g/mol. The SMILES string of the molecule is NS(=O)(=O)CCNCc1c[nH]c2ncccc12. The van der Waals surface area contributed by atoms with E-state index in [4.69, 9.17) is 5.14 Å². The van der Waals surface area contributed by atoms with Gasteiger partial charge in [-0.15, -0.1) is 0 Å². The third-order valence-corrected chi connectivity index (χ3v) is 3.19. The van der Waals surface area contributed by atoms with E-state index in [1.54, 1.807) is 6.20 Å². The first-order valence-electron chi connectivity index (χ1n) is 5.18. The monoisotopic (exact) mass is 254 g/mol. The Kier molecular flexibility index (Phi) is 3.41. The lowest BCUT2D eigenvalue weighted by molar-refractivity contribution is 0.592. The van der Waals surface area contributed by atoms with Crippen LogP contribution < -0.4 is 10.5 Å². The number of H-pyrrole nitrogens is 1. The van der Waals surface area contributed by atoms with Gasteiger partial charge in [0.15, 0.2) is 0 Å². The standard InChI is InChI=1S/C10H14N4O2S/c11-17(15,16)5-4-12-6-8-7-14-10-9(8)2-1-3-13-10/h1-3,7,12H,4-6H2,(H,13,14)(H2,11,15,16). The van der Waals surface area contributed by atoms with Gasteiger partial charge in [0.2, 0.25) is 10.0 Å². The molecule has 0 amide bonds. The van der Waals surface area contributed by atoms with E-state index in [1.165, 1.54) is 0 Å². The van der Waals surface area contributed by atoms with Gasteiger partial charge in [-0.1, -0.05) is 0 Å². The van der Waals surface area contributed by atoms with E-state index in [0.29, 0.717) is 13.1 Å². The van der Waals surface area contributed by atoms with Crippen molar-refractivity contribution < 1.29 is 8.42 Å². The van der Waals surface area contributed by atoms with Crippen molar-refractivity contribution in [2.45, 2.75) is 6.54 Å². The van der Waals surface area contributed by atoms with Crippen molar-refractivity contribution >= 4 is 21.1 Å². The first kappa shape index (κ1) is 12.0. The molecule has 0 saturated heterocycles. The molecule has 0 unspecified atom stereocenters. The van der Waals surface area contributed by atoms with Crippen LogP contribution in [0.1, 0.15) is 5.56 Å². The van der Waals surface area contributed by atoms with Crippen LogP contribution >= 0.6 is 0 Å². The van der Waals surface area contributed by atoms with Crippen molar-refractivity contribution in [1.82, 2.24) is 15.3 Å². The molecule has 2 aromatic rings. The summed E-state index contributed by atoms with van der Waals surface area (Å²) in [7, 11) is -3.39. The zero-order valence-electron chi connectivity index (χ0n) is 9.18. The van der Waals surface area contributed by atoms with Crippen molar-refractivity contribution in [3.63, 3.8) is 0 Å². The summed E-state index contributed by atoms with van der Waals surface area (Å²) in [4.78, 5) is 7.22. The maximum atomic E-state index is 10.7. The highest BCUT2D eigenvalue weighted by molar-refractivity contribution is 7.89. The molecule has 2 heterocycles. The summed E-state index contributed by atoms with van der Waals surface area (Å²) in [6.07, 6.45) is 3.58. The molecule has 2 aromatic heterocycles. The Morgan fingerprint density at radius 2 is 2.29 bits per heavy atom. The van der Waals surface area contributed by atoms with Gasteiger partial charge in [0.25, 0.3) is 0 Å². The van der Waals surface area contributed by atoms with Crippen LogP contribution in [0.25, 0.3) is 11.0 Å². The summed E-state index contributed by atoms with van der Waals surface area (Å²) in [5.74, 6) is -0.0619. The zero-order chi connectivity index (χ0) is 12.3. The number of aromatic nitrogens is 2. The number of nitrogens with two attached hydrogens (primary N) is 1. The fourth-order valence-electron chi connectivity index (χ4n) is 1.60. The Hall–Kier alpha value is -1.44. The molecule has 0 saturated carbocycles. The number of pyridine rings is 1. The Labute approximate surface area is 99.3 Å². The van der Waals surface area contributed by atoms with Gasteiger partial charge in [-0.05, 0) is 17.7 Å². The summed E-state index contributed by atoms with van der Waals surface area (Å²) in [5, 5.41) is 8.97. The first-order chi connectivity index (χ1) is 8.06. The molecule has 4 N–H and O–H groups in total. The molecule has 0 spiro atoms. The Balaban J connectivity index is 1.96. The average Bonchev–Trinajstić information content (AvgIpc) is 2.67. The second-order valence-electron chi connectivity index (χ2n) is 3.76. The number of nitrogens with one attached hydrogen (secondary N) is 2. The zero-order valence-corrected chi connectivity index (χ0v) is 10.00. The summed E-state index contributed by atoms with van der Waals surface area (Å²) in [6.45, 7) is 0.924. The number of nitrogens with zero attached hydrogens (tertiary/aromatic N) is 1. The van der Waals surface area contributed by atoms with Crippen LogP contribution in [0.15, 0.2) is 24.5 Å². The van der Waals surface area contributed by atoms with Crippen LogP contribution in [0.4, 0.5) is 0 Å². The molecule has 0 fully saturated rings. The minimum Gasteiger partial charge on any atom is -0.346 e. The second-order valence-corrected chi connectivity index (χ2v) is 5.49. The molecule has 7 heteroatoms. The predicted molar refractivity (Wildman–Crippen MR) is 65.8 cm³/mol. The van der Waals surface area contributed by atoms with Gasteiger partial charge in [-0.3, -0.25) is 0 Å². The van der Waals surface area contributed by atoms with E-state index in [9.17, 15) is 8.42 Å². The number of fused-ring (bicyclic) bond motifs is 1. The van der Waals surface area contributed by atoms with Crippen LogP contribution in [-0.2, 0) is 16.6 Å². The van der Waals surface area contributed by atoms with Gasteiger partial charge >= 0.3 is 0 Å². The van der Waals surface area contributed by atoms with E-state index >= 15 is 0 Å². The molecule has 0 aliphatic heterocycles. The van der Waals surface area contributed by atoms with Gasteiger partial charge in [0.1, 0.15) is 5.65 Å². The third kappa shape index (κ3) is 3.26. The highest BCUT2D eigenvalue weighted by atomic mass is 32.2. The second kappa shape index (κ2) is 4.82.